The Bertz CT molecular complexity index is 1200. The van der Waals surface area contributed by atoms with Crippen LogP contribution in [0.5, 0.6) is 0 Å². The zero-order chi connectivity index (χ0) is 25.6. The topological polar surface area (TPSA) is 132 Å². The number of rotatable bonds is 5. The minimum atomic E-state index is -3.71. The lowest BCUT2D eigenvalue weighted by atomic mass is 9.61. The molecule has 1 saturated carbocycles. The fourth-order valence-electron chi connectivity index (χ4n) is 5.72. The summed E-state index contributed by atoms with van der Waals surface area (Å²) in [5.74, 6) is -6.62. The number of hydrogen-bond donors (Lipinski definition) is 4. The van der Waals surface area contributed by atoms with E-state index >= 15 is 8.78 Å². The van der Waals surface area contributed by atoms with Crippen molar-refractivity contribution in [2.75, 3.05) is 0 Å². The molecule has 1 saturated heterocycles. The fourth-order valence-corrected chi connectivity index (χ4v) is 8.10. The largest absolute Gasteiger partial charge is 0.370 e. The van der Waals surface area contributed by atoms with Crippen LogP contribution in [0.3, 0.4) is 0 Å². The number of nitrogens with zero attached hydrogens (tertiary/aromatic N) is 2. The summed E-state index contributed by atoms with van der Waals surface area (Å²) in [5, 5.41) is 9.33. The first-order chi connectivity index (χ1) is 16.4. The van der Waals surface area contributed by atoms with E-state index in [1.54, 1.807) is 49.5 Å². The van der Waals surface area contributed by atoms with Crippen LogP contribution in [0.4, 0.5) is 8.78 Å². The van der Waals surface area contributed by atoms with E-state index in [2.05, 4.69) is 15.8 Å². The zero-order valence-corrected chi connectivity index (χ0v) is 20.2. The molecule has 35 heavy (non-hydrogen) atoms. The lowest BCUT2D eigenvalue weighted by Gasteiger charge is -2.54. The minimum Gasteiger partial charge on any atom is -0.370 e. The molecule has 7 nitrogen and oxygen atoms in total. The second-order valence-electron chi connectivity index (χ2n) is 9.48. The van der Waals surface area contributed by atoms with Crippen molar-refractivity contribution < 1.29 is 22.7 Å². The van der Waals surface area contributed by atoms with Crippen LogP contribution in [0.15, 0.2) is 48.7 Å². The number of hydrogen-bond acceptors (Lipinski definition) is 6. The van der Waals surface area contributed by atoms with Crippen LogP contribution < -0.4 is 10.5 Å². The molecule has 1 aliphatic carbocycles. The Morgan fingerprint density at radius 2 is 2.03 bits per heavy atom. The van der Waals surface area contributed by atoms with E-state index in [9.17, 15) is 19.2 Å². The van der Waals surface area contributed by atoms with E-state index in [1.165, 1.54) is 6.92 Å². The maximum atomic E-state index is 15.2. The smallest absolute Gasteiger partial charge is 0.253 e. The van der Waals surface area contributed by atoms with Crippen molar-refractivity contribution in [2.24, 2.45) is 23.5 Å². The van der Waals surface area contributed by atoms with Gasteiger partial charge in [-0.2, -0.15) is 5.26 Å². The normalized spacial score (nSPS) is 32.0. The molecule has 0 unspecified atom stereocenters. The van der Waals surface area contributed by atoms with Gasteiger partial charge >= 0.3 is 0 Å². The number of alkyl halides is 2. The Morgan fingerprint density at radius 3 is 2.66 bits per heavy atom. The Hall–Kier alpha value is -2.84. The van der Waals surface area contributed by atoms with Crippen LogP contribution in [0, 0.1) is 29.1 Å². The van der Waals surface area contributed by atoms with Crippen molar-refractivity contribution in [3.63, 3.8) is 0 Å². The summed E-state index contributed by atoms with van der Waals surface area (Å²) >= 11 is 0. The number of nitriles is 1. The summed E-state index contributed by atoms with van der Waals surface area (Å²) in [6.45, 7) is 3.15. The molecule has 1 aliphatic heterocycles. The molecule has 5 N–H and O–H groups in total. The number of allylic oxidation sites excluding steroid dienone is 1. The second kappa shape index (κ2) is 8.99. The van der Waals surface area contributed by atoms with Gasteiger partial charge in [-0.3, -0.25) is 18.9 Å². The minimum absolute atomic E-state index is 0.517. The summed E-state index contributed by atoms with van der Waals surface area (Å²) in [7, 11) is -3.71. The predicted octanol–water partition coefficient (Wildman–Crippen LogP) is 4.81. The van der Waals surface area contributed by atoms with Crippen molar-refractivity contribution in [2.45, 2.75) is 43.4 Å². The van der Waals surface area contributed by atoms with Crippen molar-refractivity contribution in [1.82, 2.24) is 9.71 Å². The highest BCUT2D eigenvalue weighted by molar-refractivity contribution is 8.24. The third kappa shape index (κ3) is 4.34. The molecule has 4 rings (SSSR count). The van der Waals surface area contributed by atoms with Crippen LogP contribution in [-0.2, 0) is 4.79 Å². The van der Waals surface area contributed by atoms with Gasteiger partial charge in [-0.15, -0.1) is 10.8 Å². The van der Waals surface area contributed by atoms with Gasteiger partial charge in [0.15, 0.2) is 0 Å². The summed E-state index contributed by atoms with van der Waals surface area (Å²) in [6.07, 6.45) is 3.50. The molecule has 1 aromatic carbocycles. The van der Waals surface area contributed by atoms with Gasteiger partial charge in [-0.1, -0.05) is 37.3 Å². The average molecular weight is 503 g/mol. The van der Waals surface area contributed by atoms with Gasteiger partial charge in [-0.05, 0) is 31.1 Å². The highest BCUT2D eigenvalue weighted by Crippen LogP contribution is 2.70. The number of nitrogens with two attached hydrogens (primary N) is 1. The molecular weight excluding hydrogens is 474 g/mol. The van der Waals surface area contributed by atoms with Crippen LogP contribution in [-0.4, -0.2) is 36.7 Å². The van der Waals surface area contributed by atoms with Gasteiger partial charge in [0.2, 0.25) is 5.91 Å². The highest BCUT2D eigenvalue weighted by atomic mass is 32.3. The van der Waals surface area contributed by atoms with Crippen LogP contribution >= 0.6 is 10.8 Å². The molecule has 10 heteroatoms. The summed E-state index contributed by atoms with van der Waals surface area (Å²) in [6, 6.07) is 12.3. The lowest BCUT2D eigenvalue weighted by Crippen LogP contribution is -2.57. The molecular formula is C25H28F2N4O3S. The molecule has 2 aromatic rings. The van der Waals surface area contributed by atoms with Crippen molar-refractivity contribution in [3.05, 3.63) is 59.9 Å². The van der Waals surface area contributed by atoms with E-state index in [-0.39, 0.29) is 0 Å². The van der Waals surface area contributed by atoms with E-state index < -0.39 is 64.0 Å². The first-order valence-electron chi connectivity index (χ1n) is 11.3. The highest BCUT2D eigenvalue weighted by Gasteiger charge is 2.69. The van der Waals surface area contributed by atoms with Gasteiger partial charge in [-0.25, -0.2) is 13.5 Å². The SMILES string of the molecule is C[C@H]1NS(O)(O)[C@]2(CC(N)=O)CC(F)(F)[C@@H](C)[C@H](/C=C/c3ccc(-c4ccccc4C#N)cn3)[C@H]12. The molecule has 2 aliphatic rings. The monoisotopic (exact) mass is 502 g/mol. The molecule has 1 aromatic heterocycles. The predicted molar refractivity (Wildman–Crippen MR) is 131 cm³/mol. The van der Waals surface area contributed by atoms with E-state index in [0.29, 0.717) is 11.3 Å². The summed E-state index contributed by atoms with van der Waals surface area (Å²) < 4.78 is 52.9. The third-order valence-corrected chi connectivity index (χ3v) is 9.76. The number of benzene rings is 1. The number of pyridine rings is 1. The maximum absolute atomic E-state index is 15.2. The van der Waals surface area contributed by atoms with Gasteiger partial charge < -0.3 is 5.73 Å². The van der Waals surface area contributed by atoms with Gasteiger partial charge in [0.25, 0.3) is 5.92 Å². The number of nitrogens with one attached hydrogen (secondary N) is 1. The molecule has 1 amide bonds. The molecule has 0 spiro atoms. The van der Waals surface area contributed by atoms with Crippen molar-refractivity contribution in [1.29, 1.82) is 5.26 Å². The number of fused-ring (bicyclic) bond motifs is 1. The Labute approximate surface area is 204 Å². The van der Waals surface area contributed by atoms with Crippen molar-refractivity contribution in [3.8, 4) is 17.2 Å². The lowest BCUT2D eigenvalue weighted by molar-refractivity contribution is -0.133. The molecule has 2 heterocycles. The Morgan fingerprint density at radius 1 is 1.31 bits per heavy atom. The quantitative estimate of drug-likeness (QED) is 0.464. The van der Waals surface area contributed by atoms with Gasteiger partial charge in [0.05, 0.1) is 28.5 Å². The number of carbonyl (C=O) groups excluding carboxylic acids is 1. The first-order valence-corrected chi connectivity index (χ1v) is 12.8. The molecule has 5 atom stereocenters. The molecule has 0 radical (unpaired) electrons. The standard InChI is InChI=1S/C25H28F2N4O3S/c1-15-20(10-9-19-8-7-18(13-30-19)21-6-4-3-5-17(21)12-28)23-16(2)31-35(33,34)24(23,11-22(29)32)14-25(15,26)27/h3-10,13,15-16,20,23,31,33-34H,11,14H2,1-2H3,(H2,29,32)/b10-9+/t15-,16+,20-,23-,24+/m0/s1. The third-order valence-electron chi connectivity index (χ3n) is 7.36. The van der Waals surface area contributed by atoms with Gasteiger partial charge in [0, 0.05) is 41.6 Å². The molecule has 2 fully saturated rings. The number of halogens is 2. The van der Waals surface area contributed by atoms with E-state index in [4.69, 9.17) is 5.73 Å². The maximum Gasteiger partial charge on any atom is 0.253 e. The van der Waals surface area contributed by atoms with Crippen LogP contribution in [0.25, 0.3) is 17.2 Å². The zero-order valence-electron chi connectivity index (χ0n) is 19.4. The second-order valence-corrected chi connectivity index (χ2v) is 11.6. The Kier molecular flexibility index (Phi) is 6.49. The number of primary amides is 1. The van der Waals surface area contributed by atoms with E-state index in [1.807, 2.05) is 12.1 Å². The number of carbonyl (C=O) groups is 1. The van der Waals surface area contributed by atoms with Crippen LogP contribution in [0.1, 0.15) is 37.9 Å². The van der Waals surface area contributed by atoms with E-state index in [0.717, 1.165) is 11.1 Å². The average Bonchev–Trinajstić information content (AvgIpc) is 2.97. The van der Waals surface area contributed by atoms with Crippen LogP contribution in [0.2, 0.25) is 0 Å². The fraction of sp³-hybridized carbons (Fsp3) is 0.400. The number of amides is 1. The molecule has 186 valence electrons. The van der Waals surface area contributed by atoms with Gasteiger partial charge in [0.1, 0.15) is 0 Å². The summed E-state index contributed by atoms with van der Waals surface area (Å²) in [4.78, 5) is 16.3. The first kappa shape index (κ1) is 25.3. The van der Waals surface area contributed by atoms with Crippen molar-refractivity contribution >= 4 is 22.8 Å². The Balaban J connectivity index is 1.69. The molecule has 0 bridgehead atoms. The number of aromatic nitrogens is 1. The summed E-state index contributed by atoms with van der Waals surface area (Å²) in [5.41, 5.74) is 7.92.